The topological polar surface area (TPSA) is 41.1 Å². The van der Waals surface area contributed by atoms with E-state index in [-0.39, 0.29) is 17.4 Å². The van der Waals surface area contributed by atoms with Gasteiger partial charge in [0.1, 0.15) is 0 Å². The van der Waals surface area contributed by atoms with E-state index in [9.17, 15) is 4.79 Å². The average Bonchev–Trinajstić information content (AvgIpc) is 2.39. The maximum Gasteiger partial charge on any atom is 0.251 e. The molecule has 0 aromatic heterocycles. The highest BCUT2D eigenvalue weighted by Gasteiger charge is 2.23. The minimum atomic E-state index is -0.0151. The van der Waals surface area contributed by atoms with Crippen LogP contribution < -0.4 is 10.6 Å². The van der Waals surface area contributed by atoms with Crippen LogP contribution in [-0.2, 0) is 5.41 Å². The Morgan fingerprint density at radius 2 is 2.05 bits per heavy atom. The fourth-order valence-corrected chi connectivity index (χ4v) is 2.57. The number of rotatable bonds is 2. The van der Waals surface area contributed by atoms with Crippen LogP contribution >= 0.6 is 0 Å². The second-order valence-corrected chi connectivity index (χ2v) is 6.31. The molecule has 1 saturated heterocycles. The van der Waals surface area contributed by atoms with Gasteiger partial charge in [0.2, 0.25) is 0 Å². The number of piperidine rings is 1. The van der Waals surface area contributed by atoms with E-state index in [1.807, 2.05) is 24.3 Å². The number of hydrogen-bond donors (Lipinski definition) is 2. The Labute approximate surface area is 115 Å². The molecule has 1 aromatic carbocycles. The van der Waals surface area contributed by atoms with Gasteiger partial charge in [-0.3, -0.25) is 4.79 Å². The van der Waals surface area contributed by atoms with Gasteiger partial charge in [-0.15, -0.1) is 0 Å². The summed E-state index contributed by atoms with van der Waals surface area (Å²) in [5.74, 6) is 0.0548. The minimum absolute atomic E-state index is 0.0151. The number of carbonyl (C=O) groups excluding carboxylic acids is 1. The molecule has 19 heavy (non-hydrogen) atoms. The van der Waals surface area contributed by atoms with Crippen LogP contribution in [0.25, 0.3) is 0 Å². The summed E-state index contributed by atoms with van der Waals surface area (Å²) in [4.78, 5) is 12.4. The van der Waals surface area contributed by atoms with Crippen LogP contribution in [0.1, 0.15) is 49.5 Å². The average molecular weight is 260 g/mol. The molecule has 1 amide bonds. The Morgan fingerprint density at radius 3 is 2.68 bits per heavy atom. The number of carbonyl (C=O) groups is 1. The van der Waals surface area contributed by atoms with Crippen molar-refractivity contribution in [3.63, 3.8) is 0 Å². The highest BCUT2D eigenvalue weighted by Crippen LogP contribution is 2.25. The summed E-state index contributed by atoms with van der Waals surface area (Å²) in [7, 11) is 0. The van der Waals surface area contributed by atoms with Crippen molar-refractivity contribution in [3.8, 4) is 0 Å². The summed E-state index contributed by atoms with van der Waals surface area (Å²) in [6.45, 7) is 8.36. The summed E-state index contributed by atoms with van der Waals surface area (Å²) in [6, 6.07) is 8.16. The summed E-state index contributed by atoms with van der Waals surface area (Å²) < 4.78 is 0. The molecule has 1 aliphatic heterocycles. The van der Waals surface area contributed by atoms with E-state index in [0.29, 0.717) is 0 Å². The van der Waals surface area contributed by atoms with Gasteiger partial charge >= 0.3 is 0 Å². The Morgan fingerprint density at radius 1 is 1.32 bits per heavy atom. The maximum atomic E-state index is 12.4. The molecule has 104 valence electrons. The van der Waals surface area contributed by atoms with Gasteiger partial charge in [0.15, 0.2) is 0 Å². The Hall–Kier alpha value is -1.35. The van der Waals surface area contributed by atoms with Crippen molar-refractivity contribution < 1.29 is 4.79 Å². The number of amides is 1. The molecule has 1 fully saturated rings. The van der Waals surface area contributed by atoms with Crippen LogP contribution in [-0.4, -0.2) is 25.0 Å². The first-order valence-electron chi connectivity index (χ1n) is 7.09. The second-order valence-electron chi connectivity index (χ2n) is 6.31. The molecule has 1 aromatic rings. The van der Waals surface area contributed by atoms with E-state index in [2.05, 4.69) is 31.4 Å². The standard InChI is InChI=1S/C16H24N2O/c1-16(2,3)14-9-5-4-8-13(14)15(19)18-12-7-6-10-17-11-12/h4-5,8-9,12,17H,6-7,10-11H2,1-3H3,(H,18,19). The molecule has 1 aliphatic rings. The van der Waals surface area contributed by atoms with Crippen LogP contribution in [0.5, 0.6) is 0 Å². The lowest BCUT2D eigenvalue weighted by molar-refractivity contribution is 0.0928. The zero-order chi connectivity index (χ0) is 13.9. The first-order valence-corrected chi connectivity index (χ1v) is 7.09. The molecule has 2 rings (SSSR count). The second kappa shape index (κ2) is 5.74. The smallest absolute Gasteiger partial charge is 0.251 e. The lowest BCUT2D eigenvalue weighted by Gasteiger charge is -2.26. The van der Waals surface area contributed by atoms with Crippen molar-refractivity contribution in [2.75, 3.05) is 13.1 Å². The van der Waals surface area contributed by atoms with Crippen molar-refractivity contribution in [1.82, 2.24) is 10.6 Å². The predicted octanol–water partition coefficient (Wildman–Crippen LogP) is 2.47. The zero-order valence-corrected chi connectivity index (χ0v) is 12.1. The van der Waals surface area contributed by atoms with Gasteiger partial charge in [-0.2, -0.15) is 0 Å². The van der Waals surface area contributed by atoms with E-state index in [1.54, 1.807) is 0 Å². The van der Waals surface area contributed by atoms with Gasteiger partial charge in [-0.25, -0.2) is 0 Å². The number of benzene rings is 1. The molecule has 0 aliphatic carbocycles. The van der Waals surface area contributed by atoms with Gasteiger partial charge in [-0.1, -0.05) is 39.0 Å². The maximum absolute atomic E-state index is 12.4. The lowest BCUT2D eigenvalue weighted by Crippen LogP contribution is -2.46. The van der Waals surface area contributed by atoms with E-state index in [1.165, 1.54) is 0 Å². The molecule has 0 saturated carbocycles. The van der Waals surface area contributed by atoms with Crippen LogP contribution in [0, 0.1) is 0 Å². The third kappa shape index (κ3) is 3.57. The van der Waals surface area contributed by atoms with Crippen molar-refractivity contribution in [1.29, 1.82) is 0 Å². The van der Waals surface area contributed by atoms with E-state index in [0.717, 1.165) is 37.1 Å². The molecule has 0 bridgehead atoms. The monoisotopic (exact) mass is 260 g/mol. The molecule has 1 unspecified atom stereocenters. The van der Waals surface area contributed by atoms with Crippen LogP contribution in [0.3, 0.4) is 0 Å². The van der Waals surface area contributed by atoms with Crippen molar-refractivity contribution in [2.24, 2.45) is 0 Å². The van der Waals surface area contributed by atoms with Crippen molar-refractivity contribution in [2.45, 2.75) is 45.1 Å². The van der Waals surface area contributed by atoms with E-state index < -0.39 is 0 Å². The first-order chi connectivity index (χ1) is 8.98. The number of nitrogens with one attached hydrogen (secondary N) is 2. The highest BCUT2D eigenvalue weighted by molar-refractivity contribution is 5.96. The quantitative estimate of drug-likeness (QED) is 0.857. The summed E-state index contributed by atoms with van der Waals surface area (Å²) in [5, 5.41) is 6.47. The van der Waals surface area contributed by atoms with Gasteiger partial charge < -0.3 is 10.6 Å². The molecule has 2 N–H and O–H groups in total. The van der Waals surface area contributed by atoms with Crippen LogP contribution in [0.4, 0.5) is 0 Å². The molecule has 1 atom stereocenters. The molecule has 1 heterocycles. The lowest BCUT2D eigenvalue weighted by atomic mass is 9.83. The van der Waals surface area contributed by atoms with Crippen molar-refractivity contribution in [3.05, 3.63) is 35.4 Å². The van der Waals surface area contributed by atoms with Gasteiger partial charge in [0.05, 0.1) is 0 Å². The predicted molar refractivity (Wildman–Crippen MR) is 78.5 cm³/mol. The Bertz CT molecular complexity index is 442. The van der Waals surface area contributed by atoms with Crippen molar-refractivity contribution >= 4 is 5.91 Å². The van der Waals surface area contributed by atoms with Crippen LogP contribution in [0.15, 0.2) is 24.3 Å². The largest absolute Gasteiger partial charge is 0.348 e. The fraction of sp³-hybridized carbons (Fsp3) is 0.562. The summed E-state index contributed by atoms with van der Waals surface area (Å²) >= 11 is 0. The first kappa shape index (κ1) is 14.1. The molecular weight excluding hydrogens is 236 g/mol. The molecule has 3 nitrogen and oxygen atoms in total. The summed E-state index contributed by atoms with van der Waals surface area (Å²) in [6.07, 6.45) is 2.20. The Kier molecular flexibility index (Phi) is 4.25. The molecular formula is C16H24N2O. The third-order valence-corrected chi connectivity index (χ3v) is 3.61. The molecule has 0 radical (unpaired) electrons. The van der Waals surface area contributed by atoms with Crippen LogP contribution in [0.2, 0.25) is 0 Å². The summed E-state index contributed by atoms with van der Waals surface area (Å²) in [5.41, 5.74) is 1.90. The van der Waals surface area contributed by atoms with E-state index in [4.69, 9.17) is 0 Å². The zero-order valence-electron chi connectivity index (χ0n) is 12.1. The normalized spacial score (nSPS) is 20.1. The fourth-order valence-electron chi connectivity index (χ4n) is 2.57. The van der Waals surface area contributed by atoms with Gasteiger partial charge in [-0.05, 0) is 36.4 Å². The third-order valence-electron chi connectivity index (χ3n) is 3.61. The van der Waals surface area contributed by atoms with Gasteiger partial charge in [0.25, 0.3) is 5.91 Å². The SMILES string of the molecule is CC(C)(C)c1ccccc1C(=O)NC1CCCNC1. The molecule has 3 heteroatoms. The number of hydrogen-bond acceptors (Lipinski definition) is 2. The van der Waals surface area contributed by atoms with Gasteiger partial charge in [0, 0.05) is 18.2 Å². The highest BCUT2D eigenvalue weighted by atomic mass is 16.1. The molecule has 0 spiro atoms. The van der Waals surface area contributed by atoms with E-state index >= 15 is 0 Å². The minimum Gasteiger partial charge on any atom is -0.348 e. The Balaban J connectivity index is 2.14.